The Morgan fingerprint density at radius 1 is 1.56 bits per heavy atom. The highest BCUT2D eigenvalue weighted by Crippen LogP contribution is 2.23. The number of hydrogen-bond acceptors (Lipinski definition) is 4. The van der Waals surface area contributed by atoms with E-state index in [2.05, 4.69) is 49.7 Å². The summed E-state index contributed by atoms with van der Waals surface area (Å²) >= 11 is 5.23. The molecule has 0 saturated carbocycles. The lowest BCUT2D eigenvalue weighted by Gasteiger charge is -1.98. The van der Waals surface area contributed by atoms with Crippen LogP contribution >= 0.6 is 27.3 Å². The van der Waals surface area contributed by atoms with Gasteiger partial charge in [-0.3, -0.25) is 0 Å². The van der Waals surface area contributed by atoms with Crippen molar-refractivity contribution in [3.63, 3.8) is 0 Å². The van der Waals surface area contributed by atoms with Crippen LogP contribution in [0, 0.1) is 0 Å². The van der Waals surface area contributed by atoms with Crippen LogP contribution in [-0.4, -0.2) is 21.3 Å². The van der Waals surface area contributed by atoms with E-state index in [9.17, 15) is 0 Å². The van der Waals surface area contributed by atoms with Gasteiger partial charge < -0.3 is 5.32 Å². The van der Waals surface area contributed by atoms with Crippen LogP contribution < -0.4 is 5.32 Å². The molecule has 0 aliphatic heterocycles. The van der Waals surface area contributed by atoms with Gasteiger partial charge in [-0.25, -0.2) is 9.67 Å². The van der Waals surface area contributed by atoms with Gasteiger partial charge in [0.1, 0.15) is 6.33 Å². The van der Waals surface area contributed by atoms with Gasteiger partial charge in [-0.05, 0) is 33.9 Å². The smallest absolute Gasteiger partial charge is 0.164 e. The van der Waals surface area contributed by atoms with E-state index < -0.39 is 0 Å². The van der Waals surface area contributed by atoms with Crippen molar-refractivity contribution in [2.75, 3.05) is 6.54 Å². The molecule has 0 aliphatic carbocycles. The van der Waals surface area contributed by atoms with Gasteiger partial charge in [-0.1, -0.05) is 6.92 Å². The fourth-order valence-corrected chi connectivity index (χ4v) is 2.78. The zero-order valence-corrected chi connectivity index (χ0v) is 11.4. The molecule has 4 nitrogen and oxygen atoms in total. The van der Waals surface area contributed by atoms with E-state index in [0.29, 0.717) is 0 Å². The van der Waals surface area contributed by atoms with Gasteiger partial charge in [0.2, 0.25) is 0 Å². The molecule has 0 spiro atoms. The summed E-state index contributed by atoms with van der Waals surface area (Å²) in [5.74, 6) is 0.842. The summed E-state index contributed by atoms with van der Waals surface area (Å²) in [4.78, 5) is 5.51. The van der Waals surface area contributed by atoms with E-state index >= 15 is 0 Å². The van der Waals surface area contributed by atoms with Crippen LogP contribution in [0.1, 0.15) is 17.6 Å². The second-order valence-corrected chi connectivity index (χ2v) is 5.19. The SMILES string of the molecule is CCNCc1ncn(Cc2sccc2Br)n1. The number of thiophene rings is 1. The molecule has 0 amide bonds. The van der Waals surface area contributed by atoms with Crippen LogP contribution in [0.2, 0.25) is 0 Å². The first-order valence-electron chi connectivity index (χ1n) is 5.10. The van der Waals surface area contributed by atoms with Gasteiger partial charge >= 0.3 is 0 Å². The van der Waals surface area contributed by atoms with Crippen molar-refractivity contribution >= 4 is 27.3 Å². The molecule has 0 atom stereocenters. The molecule has 0 radical (unpaired) electrons. The Kier molecular flexibility index (Phi) is 4.09. The van der Waals surface area contributed by atoms with E-state index in [0.717, 1.165) is 29.9 Å². The lowest BCUT2D eigenvalue weighted by Crippen LogP contribution is -2.13. The van der Waals surface area contributed by atoms with Crippen molar-refractivity contribution in [3.8, 4) is 0 Å². The minimum Gasteiger partial charge on any atom is -0.310 e. The lowest BCUT2D eigenvalue weighted by atomic mass is 10.5. The van der Waals surface area contributed by atoms with Crippen LogP contribution in [0.25, 0.3) is 0 Å². The third-order valence-electron chi connectivity index (χ3n) is 2.11. The van der Waals surface area contributed by atoms with E-state index in [1.54, 1.807) is 17.7 Å². The van der Waals surface area contributed by atoms with Gasteiger partial charge in [0.25, 0.3) is 0 Å². The third kappa shape index (κ3) is 2.90. The van der Waals surface area contributed by atoms with Crippen molar-refractivity contribution < 1.29 is 0 Å². The molecular weight excluding hydrogens is 288 g/mol. The monoisotopic (exact) mass is 300 g/mol. The molecule has 2 aromatic rings. The summed E-state index contributed by atoms with van der Waals surface area (Å²) in [7, 11) is 0. The molecular formula is C10H13BrN4S. The zero-order valence-electron chi connectivity index (χ0n) is 8.98. The molecule has 0 aliphatic rings. The molecule has 2 aromatic heterocycles. The quantitative estimate of drug-likeness (QED) is 0.921. The summed E-state index contributed by atoms with van der Waals surface area (Å²) in [6.45, 7) is 4.51. The van der Waals surface area contributed by atoms with Gasteiger partial charge in [-0.2, -0.15) is 5.10 Å². The van der Waals surface area contributed by atoms with E-state index in [4.69, 9.17) is 0 Å². The molecule has 0 saturated heterocycles. The van der Waals surface area contributed by atoms with Crippen LogP contribution in [-0.2, 0) is 13.1 Å². The summed E-state index contributed by atoms with van der Waals surface area (Å²) in [5.41, 5.74) is 0. The summed E-state index contributed by atoms with van der Waals surface area (Å²) in [5, 5.41) is 9.66. The van der Waals surface area contributed by atoms with Gasteiger partial charge in [-0.15, -0.1) is 11.3 Å². The lowest BCUT2D eigenvalue weighted by molar-refractivity contribution is 0.646. The van der Waals surface area contributed by atoms with Crippen LogP contribution in [0.15, 0.2) is 22.2 Å². The first kappa shape index (κ1) is 11.8. The Labute approximate surface area is 107 Å². The highest BCUT2D eigenvalue weighted by Gasteiger charge is 2.04. The molecule has 16 heavy (non-hydrogen) atoms. The number of nitrogens with one attached hydrogen (secondary N) is 1. The summed E-state index contributed by atoms with van der Waals surface area (Å²) < 4.78 is 3.00. The fourth-order valence-electron chi connectivity index (χ4n) is 1.31. The highest BCUT2D eigenvalue weighted by molar-refractivity contribution is 9.10. The minimum absolute atomic E-state index is 0.731. The van der Waals surface area contributed by atoms with E-state index in [1.807, 2.05) is 4.68 Å². The fraction of sp³-hybridized carbons (Fsp3) is 0.400. The van der Waals surface area contributed by atoms with E-state index in [-0.39, 0.29) is 0 Å². The Balaban J connectivity index is 2.00. The Morgan fingerprint density at radius 2 is 2.44 bits per heavy atom. The van der Waals surface area contributed by atoms with Crippen molar-refractivity contribution in [1.29, 1.82) is 0 Å². The molecule has 0 bridgehead atoms. The van der Waals surface area contributed by atoms with Crippen LogP contribution in [0.4, 0.5) is 0 Å². The first-order chi connectivity index (χ1) is 7.79. The van der Waals surface area contributed by atoms with Crippen LogP contribution in [0.5, 0.6) is 0 Å². The average Bonchev–Trinajstić information content (AvgIpc) is 2.87. The second-order valence-electron chi connectivity index (χ2n) is 3.33. The largest absolute Gasteiger partial charge is 0.310 e. The molecule has 6 heteroatoms. The Bertz CT molecular complexity index is 451. The third-order valence-corrected chi connectivity index (χ3v) is 4.02. The average molecular weight is 301 g/mol. The molecule has 2 heterocycles. The molecule has 86 valence electrons. The number of rotatable bonds is 5. The molecule has 0 fully saturated rings. The number of halogens is 1. The van der Waals surface area contributed by atoms with Gasteiger partial charge in [0.15, 0.2) is 5.82 Å². The zero-order chi connectivity index (χ0) is 11.4. The van der Waals surface area contributed by atoms with Crippen LogP contribution in [0.3, 0.4) is 0 Å². The second kappa shape index (κ2) is 5.56. The normalized spacial score (nSPS) is 10.9. The molecule has 0 aromatic carbocycles. The minimum atomic E-state index is 0.731. The van der Waals surface area contributed by atoms with Gasteiger partial charge in [0, 0.05) is 9.35 Å². The van der Waals surface area contributed by atoms with Crippen molar-refractivity contribution in [2.24, 2.45) is 0 Å². The number of aromatic nitrogens is 3. The highest BCUT2D eigenvalue weighted by atomic mass is 79.9. The van der Waals surface area contributed by atoms with Crippen molar-refractivity contribution in [3.05, 3.63) is 32.9 Å². The number of hydrogen-bond donors (Lipinski definition) is 1. The topological polar surface area (TPSA) is 42.7 Å². The standard InChI is InChI=1S/C10H13BrN4S/c1-2-12-5-10-13-7-15(14-10)6-9-8(11)3-4-16-9/h3-4,7,12H,2,5-6H2,1H3. The maximum Gasteiger partial charge on any atom is 0.164 e. The number of nitrogens with zero attached hydrogens (tertiary/aromatic N) is 3. The molecule has 2 rings (SSSR count). The molecule has 1 N–H and O–H groups in total. The van der Waals surface area contributed by atoms with Crippen molar-refractivity contribution in [1.82, 2.24) is 20.1 Å². The van der Waals surface area contributed by atoms with E-state index in [1.165, 1.54) is 4.88 Å². The Morgan fingerprint density at radius 3 is 3.12 bits per heavy atom. The molecule has 0 unspecified atom stereocenters. The summed E-state index contributed by atoms with van der Waals surface area (Å²) in [6, 6.07) is 2.05. The maximum absolute atomic E-state index is 4.39. The predicted octanol–water partition coefficient (Wildman–Crippen LogP) is 2.26. The van der Waals surface area contributed by atoms with Gasteiger partial charge in [0.05, 0.1) is 13.1 Å². The van der Waals surface area contributed by atoms with Crippen molar-refractivity contribution in [2.45, 2.75) is 20.0 Å². The maximum atomic E-state index is 4.39. The summed E-state index contributed by atoms with van der Waals surface area (Å²) in [6.07, 6.45) is 1.78. The Hall–Kier alpha value is -0.720. The predicted molar refractivity (Wildman–Crippen MR) is 68.5 cm³/mol. The first-order valence-corrected chi connectivity index (χ1v) is 6.77.